The van der Waals surface area contributed by atoms with Crippen LogP contribution < -0.4 is 10.6 Å². The Labute approximate surface area is 148 Å². The van der Waals surface area contributed by atoms with Gasteiger partial charge in [0, 0.05) is 13.0 Å². The van der Waals surface area contributed by atoms with Gasteiger partial charge in [0.25, 0.3) is 5.91 Å². The third-order valence-corrected chi connectivity index (χ3v) is 5.21. The summed E-state index contributed by atoms with van der Waals surface area (Å²) in [4.78, 5) is 27.1. The molecule has 2 aliphatic heterocycles. The average molecular weight is 347 g/mol. The molecule has 0 spiro atoms. The minimum atomic E-state index is -1.05. The van der Waals surface area contributed by atoms with Gasteiger partial charge in [-0.25, -0.2) is 9.18 Å². The molecule has 0 unspecified atom stereocenters. The minimum absolute atomic E-state index is 0.00182. The number of hydrogen-bond donors (Lipinski definition) is 2. The average Bonchev–Trinajstić information content (AvgIpc) is 2.83. The van der Waals surface area contributed by atoms with Crippen molar-refractivity contribution in [1.29, 1.82) is 0 Å². The van der Waals surface area contributed by atoms with E-state index in [0.717, 1.165) is 25.9 Å². The first kappa shape index (κ1) is 17.9. The number of carbonyl (C=O) groups is 2. The van der Waals surface area contributed by atoms with E-state index in [1.54, 1.807) is 18.2 Å². The van der Waals surface area contributed by atoms with E-state index in [-0.39, 0.29) is 36.0 Å². The molecule has 136 valence electrons. The van der Waals surface area contributed by atoms with Gasteiger partial charge in [0.15, 0.2) is 0 Å². The molecule has 25 heavy (non-hydrogen) atoms. The monoisotopic (exact) mass is 347 g/mol. The van der Waals surface area contributed by atoms with Crippen LogP contribution in [-0.2, 0) is 11.2 Å². The Morgan fingerprint density at radius 2 is 1.92 bits per heavy atom. The van der Waals surface area contributed by atoms with Crippen LogP contribution in [0.4, 0.5) is 9.18 Å². The Morgan fingerprint density at radius 3 is 2.56 bits per heavy atom. The van der Waals surface area contributed by atoms with Crippen LogP contribution in [0.3, 0.4) is 0 Å². The van der Waals surface area contributed by atoms with Crippen molar-refractivity contribution < 1.29 is 14.0 Å². The molecule has 6 heteroatoms. The van der Waals surface area contributed by atoms with Crippen molar-refractivity contribution in [3.8, 4) is 0 Å². The highest BCUT2D eigenvalue weighted by Gasteiger charge is 2.55. The van der Waals surface area contributed by atoms with Crippen LogP contribution in [0.2, 0.25) is 0 Å². The van der Waals surface area contributed by atoms with Crippen molar-refractivity contribution in [1.82, 2.24) is 15.5 Å². The zero-order valence-corrected chi connectivity index (χ0v) is 14.8. The molecule has 0 saturated carbocycles. The maximum Gasteiger partial charge on any atom is 0.325 e. The summed E-state index contributed by atoms with van der Waals surface area (Å²) in [5.41, 5.74) is -0.572. The number of amides is 3. The standard InChI is InChI=1S/C19H26FN3O2/c1-13(2)12-23-17(24)19(22-18(23)25,15-7-9-21-10-8-15)11-14-5-3-4-6-16(14)20/h3-6,13,15,21H,7-12H2,1-2H3,(H,22,25)/t19-/m0/s1. The summed E-state index contributed by atoms with van der Waals surface area (Å²) in [6, 6.07) is 6.15. The second kappa shape index (κ2) is 7.12. The topological polar surface area (TPSA) is 61.4 Å². The molecule has 0 aromatic heterocycles. The second-order valence-electron chi connectivity index (χ2n) is 7.50. The van der Waals surface area contributed by atoms with Gasteiger partial charge in [0.1, 0.15) is 11.4 Å². The number of benzene rings is 1. The van der Waals surface area contributed by atoms with Gasteiger partial charge >= 0.3 is 6.03 Å². The number of piperidine rings is 1. The van der Waals surface area contributed by atoms with Gasteiger partial charge in [-0.15, -0.1) is 0 Å². The lowest BCUT2D eigenvalue weighted by Gasteiger charge is -2.38. The SMILES string of the molecule is CC(C)CN1C(=O)N[C@@](Cc2ccccc2F)(C2CCNCC2)C1=O. The van der Waals surface area contributed by atoms with E-state index in [1.807, 2.05) is 13.8 Å². The third kappa shape index (κ3) is 3.40. The lowest BCUT2D eigenvalue weighted by molar-refractivity contribution is -0.134. The quantitative estimate of drug-likeness (QED) is 0.804. The van der Waals surface area contributed by atoms with Crippen molar-refractivity contribution >= 4 is 11.9 Å². The predicted octanol–water partition coefficient (Wildman–Crippen LogP) is 2.31. The molecule has 1 atom stereocenters. The molecule has 2 saturated heterocycles. The minimum Gasteiger partial charge on any atom is -0.322 e. The summed E-state index contributed by atoms with van der Waals surface area (Å²) >= 11 is 0. The van der Waals surface area contributed by atoms with Crippen LogP contribution in [-0.4, -0.2) is 42.0 Å². The van der Waals surface area contributed by atoms with Crippen molar-refractivity contribution in [3.63, 3.8) is 0 Å². The predicted molar refractivity (Wildman–Crippen MR) is 93.5 cm³/mol. The van der Waals surface area contributed by atoms with Crippen molar-refractivity contribution in [3.05, 3.63) is 35.6 Å². The molecule has 3 amide bonds. The third-order valence-electron chi connectivity index (χ3n) is 5.21. The second-order valence-corrected chi connectivity index (χ2v) is 7.50. The van der Waals surface area contributed by atoms with Crippen LogP contribution in [0.1, 0.15) is 32.3 Å². The molecule has 0 bridgehead atoms. The zero-order valence-electron chi connectivity index (χ0n) is 14.8. The van der Waals surface area contributed by atoms with Crippen molar-refractivity contribution in [2.75, 3.05) is 19.6 Å². The highest BCUT2D eigenvalue weighted by atomic mass is 19.1. The van der Waals surface area contributed by atoms with Gasteiger partial charge in [0.2, 0.25) is 0 Å². The number of urea groups is 1. The van der Waals surface area contributed by atoms with Gasteiger partial charge in [-0.2, -0.15) is 0 Å². The number of imide groups is 1. The summed E-state index contributed by atoms with van der Waals surface area (Å²) < 4.78 is 14.3. The highest BCUT2D eigenvalue weighted by Crippen LogP contribution is 2.36. The number of carbonyl (C=O) groups excluding carboxylic acids is 2. The van der Waals surface area contributed by atoms with Gasteiger partial charge in [0.05, 0.1) is 0 Å². The maximum absolute atomic E-state index is 14.3. The first-order chi connectivity index (χ1) is 11.9. The molecule has 2 fully saturated rings. The Hall–Kier alpha value is -1.95. The highest BCUT2D eigenvalue weighted by molar-refractivity contribution is 6.07. The number of nitrogens with one attached hydrogen (secondary N) is 2. The van der Waals surface area contributed by atoms with Crippen LogP contribution in [0.5, 0.6) is 0 Å². The molecule has 0 aliphatic carbocycles. The molecular weight excluding hydrogens is 321 g/mol. The Kier molecular flexibility index (Phi) is 5.08. The van der Waals surface area contributed by atoms with E-state index in [1.165, 1.54) is 11.0 Å². The summed E-state index contributed by atoms with van der Waals surface area (Å²) in [5, 5.41) is 6.25. The van der Waals surface area contributed by atoms with E-state index in [0.29, 0.717) is 12.1 Å². The van der Waals surface area contributed by atoms with E-state index in [2.05, 4.69) is 10.6 Å². The molecule has 5 nitrogen and oxygen atoms in total. The van der Waals surface area contributed by atoms with Gasteiger partial charge < -0.3 is 10.6 Å². The molecule has 3 rings (SSSR count). The summed E-state index contributed by atoms with van der Waals surface area (Å²) in [6.45, 7) is 5.94. The fourth-order valence-corrected chi connectivity index (χ4v) is 3.97. The lowest BCUT2D eigenvalue weighted by atomic mass is 9.74. The number of rotatable bonds is 5. The number of halogens is 1. The number of nitrogens with zero attached hydrogens (tertiary/aromatic N) is 1. The molecule has 2 aliphatic rings. The molecule has 2 N–H and O–H groups in total. The van der Waals surface area contributed by atoms with Gasteiger partial charge in [-0.3, -0.25) is 9.69 Å². The normalized spacial score (nSPS) is 24.9. The zero-order chi connectivity index (χ0) is 18.0. The Balaban J connectivity index is 1.97. The Morgan fingerprint density at radius 1 is 1.24 bits per heavy atom. The molecule has 1 aromatic carbocycles. The van der Waals surface area contributed by atoms with E-state index < -0.39 is 5.54 Å². The summed E-state index contributed by atoms with van der Waals surface area (Å²) in [7, 11) is 0. The largest absolute Gasteiger partial charge is 0.325 e. The first-order valence-electron chi connectivity index (χ1n) is 9.02. The fraction of sp³-hybridized carbons (Fsp3) is 0.579. The van der Waals surface area contributed by atoms with Crippen molar-refractivity contribution in [2.45, 2.75) is 38.6 Å². The molecule has 1 aromatic rings. The maximum atomic E-state index is 14.3. The molecular formula is C19H26FN3O2. The van der Waals surface area contributed by atoms with Gasteiger partial charge in [-0.05, 0) is 49.4 Å². The van der Waals surface area contributed by atoms with Crippen LogP contribution in [0, 0.1) is 17.7 Å². The van der Waals surface area contributed by atoms with E-state index in [9.17, 15) is 14.0 Å². The lowest BCUT2D eigenvalue weighted by Crippen LogP contribution is -2.57. The fourth-order valence-electron chi connectivity index (χ4n) is 3.97. The smallest absolute Gasteiger partial charge is 0.322 e. The van der Waals surface area contributed by atoms with Crippen LogP contribution >= 0.6 is 0 Å². The summed E-state index contributed by atoms with van der Waals surface area (Å²) in [5.74, 6) is -0.351. The summed E-state index contributed by atoms with van der Waals surface area (Å²) in [6.07, 6.45) is 1.77. The van der Waals surface area contributed by atoms with Gasteiger partial charge in [-0.1, -0.05) is 32.0 Å². The van der Waals surface area contributed by atoms with E-state index >= 15 is 0 Å². The van der Waals surface area contributed by atoms with E-state index in [4.69, 9.17) is 0 Å². The molecule has 2 heterocycles. The first-order valence-corrected chi connectivity index (χ1v) is 9.02. The van der Waals surface area contributed by atoms with Crippen molar-refractivity contribution in [2.24, 2.45) is 11.8 Å². The Bertz CT molecular complexity index is 658. The molecule has 0 radical (unpaired) electrons. The van der Waals surface area contributed by atoms with Crippen LogP contribution in [0.25, 0.3) is 0 Å². The van der Waals surface area contributed by atoms with Crippen LogP contribution in [0.15, 0.2) is 24.3 Å². The number of hydrogen-bond acceptors (Lipinski definition) is 3.